The van der Waals surface area contributed by atoms with Crippen molar-refractivity contribution in [2.24, 2.45) is 4.99 Å². The van der Waals surface area contributed by atoms with Crippen molar-refractivity contribution in [3.63, 3.8) is 0 Å². The monoisotopic (exact) mass is 384 g/mol. The highest BCUT2D eigenvalue weighted by Gasteiger charge is 2.19. The van der Waals surface area contributed by atoms with E-state index in [-0.39, 0.29) is 5.56 Å². The molecule has 6 nitrogen and oxygen atoms in total. The minimum atomic E-state index is -0.175. The number of rotatable bonds is 5. The fourth-order valence-electron chi connectivity index (χ4n) is 3.15. The fraction of sp³-hybridized carbons (Fsp3) is 0.0870. The van der Waals surface area contributed by atoms with Gasteiger partial charge in [-0.3, -0.25) is 9.89 Å². The zero-order valence-corrected chi connectivity index (χ0v) is 16.2. The van der Waals surface area contributed by atoms with Crippen molar-refractivity contribution in [1.29, 1.82) is 0 Å². The number of nitrogens with zero attached hydrogens (tertiary/aromatic N) is 3. The summed E-state index contributed by atoms with van der Waals surface area (Å²) in [4.78, 5) is 22.2. The number of aromatic nitrogens is 3. The predicted octanol–water partition coefficient (Wildman–Crippen LogP) is 4.38. The summed E-state index contributed by atoms with van der Waals surface area (Å²) < 4.78 is 6.74. The van der Waals surface area contributed by atoms with Gasteiger partial charge in [-0.15, -0.1) is 0 Å². The van der Waals surface area contributed by atoms with Crippen molar-refractivity contribution in [3.05, 3.63) is 94.9 Å². The van der Waals surface area contributed by atoms with Crippen LogP contribution in [0.1, 0.15) is 12.5 Å². The van der Waals surface area contributed by atoms with E-state index in [0.29, 0.717) is 28.5 Å². The SMILES string of the molecule is COc1ccc(-n2[nH]c(-c3ccccc3)c(C(C)=Nc3ccccn3)c2=O)cc1. The number of hydrogen-bond donors (Lipinski definition) is 1. The van der Waals surface area contributed by atoms with Crippen LogP contribution in [0.2, 0.25) is 0 Å². The smallest absolute Gasteiger partial charge is 0.280 e. The summed E-state index contributed by atoms with van der Waals surface area (Å²) in [6.45, 7) is 1.82. The number of nitrogens with one attached hydrogen (secondary N) is 1. The molecular formula is C23H20N4O2. The van der Waals surface area contributed by atoms with E-state index in [9.17, 15) is 4.79 Å². The van der Waals surface area contributed by atoms with E-state index in [1.54, 1.807) is 19.4 Å². The number of pyridine rings is 1. The highest BCUT2D eigenvalue weighted by atomic mass is 16.5. The lowest BCUT2D eigenvalue weighted by molar-refractivity contribution is 0.414. The molecule has 29 heavy (non-hydrogen) atoms. The number of aromatic amines is 1. The van der Waals surface area contributed by atoms with Crippen molar-refractivity contribution in [3.8, 4) is 22.7 Å². The Bertz CT molecular complexity index is 1190. The van der Waals surface area contributed by atoms with Crippen molar-refractivity contribution in [2.75, 3.05) is 7.11 Å². The molecule has 0 aliphatic rings. The van der Waals surface area contributed by atoms with Crippen LogP contribution in [0.3, 0.4) is 0 Å². The lowest BCUT2D eigenvalue weighted by Gasteiger charge is -2.04. The minimum absolute atomic E-state index is 0.175. The summed E-state index contributed by atoms with van der Waals surface area (Å²) in [6.07, 6.45) is 1.68. The fourth-order valence-corrected chi connectivity index (χ4v) is 3.15. The van der Waals surface area contributed by atoms with Crippen LogP contribution in [-0.4, -0.2) is 27.6 Å². The first-order valence-corrected chi connectivity index (χ1v) is 9.19. The van der Waals surface area contributed by atoms with Crippen molar-refractivity contribution < 1.29 is 4.74 Å². The molecule has 4 aromatic rings. The number of hydrogen-bond acceptors (Lipinski definition) is 4. The minimum Gasteiger partial charge on any atom is -0.497 e. The van der Waals surface area contributed by atoms with E-state index < -0.39 is 0 Å². The maximum atomic E-state index is 13.3. The van der Waals surface area contributed by atoms with Crippen molar-refractivity contribution in [2.45, 2.75) is 6.92 Å². The molecule has 0 bridgehead atoms. The molecule has 144 valence electrons. The molecule has 0 aliphatic heterocycles. The molecule has 0 fully saturated rings. The summed E-state index contributed by atoms with van der Waals surface area (Å²) in [6, 6.07) is 22.5. The Hall–Kier alpha value is -3.93. The summed E-state index contributed by atoms with van der Waals surface area (Å²) in [5.74, 6) is 1.28. The first kappa shape index (κ1) is 18.4. The molecule has 4 rings (SSSR count). The molecular weight excluding hydrogens is 364 g/mol. The van der Waals surface area contributed by atoms with E-state index in [2.05, 4.69) is 15.1 Å². The van der Waals surface area contributed by atoms with Gasteiger partial charge >= 0.3 is 0 Å². The predicted molar refractivity (Wildman–Crippen MR) is 114 cm³/mol. The lowest BCUT2D eigenvalue weighted by Crippen LogP contribution is -2.19. The first-order valence-electron chi connectivity index (χ1n) is 9.19. The van der Waals surface area contributed by atoms with Gasteiger partial charge in [-0.05, 0) is 43.3 Å². The molecule has 0 radical (unpaired) electrons. The number of H-pyrrole nitrogens is 1. The van der Waals surface area contributed by atoms with Gasteiger partial charge in [-0.1, -0.05) is 36.4 Å². The molecule has 1 N–H and O–H groups in total. The van der Waals surface area contributed by atoms with Gasteiger partial charge in [0, 0.05) is 11.8 Å². The zero-order valence-electron chi connectivity index (χ0n) is 16.2. The maximum absolute atomic E-state index is 13.3. The first-order chi connectivity index (χ1) is 14.2. The molecule has 0 amide bonds. The van der Waals surface area contributed by atoms with Gasteiger partial charge in [0.05, 0.1) is 29.8 Å². The molecule has 0 saturated heterocycles. The standard InChI is InChI=1S/C23H20N4O2/c1-16(25-20-10-6-7-15-24-20)21-22(17-8-4-3-5-9-17)26-27(23(21)28)18-11-13-19(29-2)14-12-18/h3-15,26H,1-2H3. The van der Waals surface area contributed by atoms with Crippen molar-refractivity contribution >= 4 is 11.5 Å². The van der Waals surface area contributed by atoms with Gasteiger partial charge in [0.2, 0.25) is 0 Å². The Morgan fingerprint density at radius 1 is 1.00 bits per heavy atom. The Morgan fingerprint density at radius 3 is 2.38 bits per heavy atom. The second kappa shape index (κ2) is 7.98. The molecule has 0 unspecified atom stereocenters. The average molecular weight is 384 g/mol. The summed E-state index contributed by atoms with van der Waals surface area (Å²) in [5, 5.41) is 3.25. The topological polar surface area (TPSA) is 72.3 Å². The van der Waals surface area contributed by atoms with Gasteiger partial charge in [0.15, 0.2) is 5.82 Å². The molecule has 0 atom stereocenters. The van der Waals surface area contributed by atoms with E-state index in [1.165, 1.54) is 4.68 Å². The lowest BCUT2D eigenvalue weighted by atomic mass is 10.1. The van der Waals surface area contributed by atoms with E-state index >= 15 is 0 Å². The van der Waals surface area contributed by atoms with Crippen molar-refractivity contribution in [1.82, 2.24) is 14.8 Å². The second-order valence-corrected chi connectivity index (χ2v) is 6.45. The van der Waals surface area contributed by atoms with Crippen LogP contribution in [-0.2, 0) is 0 Å². The van der Waals surface area contributed by atoms with Gasteiger partial charge in [-0.2, -0.15) is 0 Å². The number of aliphatic imine (C=N–C) groups is 1. The third-order valence-electron chi connectivity index (χ3n) is 4.58. The van der Waals surface area contributed by atoms with Crippen LogP contribution in [0.15, 0.2) is 88.8 Å². The van der Waals surface area contributed by atoms with Gasteiger partial charge in [0.1, 0.15) is 5.75 Å². The normalized spacial score (nSPS) is 11.4. The van der Waals surface area contributed by atoms with Crippen LogP contribution < -0.4 is 10.3 Å². The third-order valence-corrected chi connectivity index (χ3v) is 4.58. The molecule has 2 aromatic heterocycles. The van der Waals surface area contributed by atoms with E-state index in [0.717, 1.165) is 11.3 Å². The molecule has 6 heteroatoms. The van der Waals surface area contributed by atoms with Crippen LogP contribution in [0.25, 0.3) is 16.9 Å². The van der Waals surface area contributed by atoms with Gasteiger partial charge in [0.25, 0.3) is 5.56 Å². The van der Waals surface area contributed by atoms with E-state index in [1.807, 2.05) is 73.7 Å². The summed E-state index contributed by atoms with van der Waals surface area (Å²) in [7, 11) is 1.61. The maximum Gasteiger partial charge on any atom is 0.280 e. The molecule has 0 spiro atoms. The molecule has 2 aromatic carbocycles. The quantitative estimate of drug-likeness (QED) is 0.519. The average Bonchev–Trinajstić information content (AvgIpc) is 3.12. The summed E-state index contributed by atoms with van der Waals surface area (Å²) >= 11 is 0. The summed E-state index contributed by atoms with van der Waals surface area (Å²) in [5.41, 5.74) is 3.26. The Balaban J connectivity index is 1.89. The molecule has 0 aliphatic carbocycles. The largest absolute Gasteiger partial charge is 0.497 e. The van der Waals surface area contributed by atoms with Gasteiger partial charge in [-0.25, -0.2) is 14.7 Å². The number of ether oxygens (including phenoxy) is 1. The highest BCUT2D eigenvalue weighted by molar-refractivity contribution is 6.04. The Labute approximate surface area is 168 Å². The second-order valence-electron chi connectivity index (χ2n) is 6.45. The Kier molecular flexibility index (Phi) is 5.07. The van der Waals surface area contributed by atoms with Crippen LogP contribution in [0, 0.1) is 0 Å². The van der Waals surface area contributed by atoms with Crippen LogP contribution >= 0.6 is 0 Å². The highest BCUT2D eigenvalue weighted by Crippen LogP contribution is 2.23. The van der Waals surface area contributed by atoms with Crippen LogP contribution in [0.4, 0.5) is 5.82 Å². The van der Waals surface area contributed by atoms with E-state index in [4.69, 9.17) is 4.74 Å². The third kappa shape index (κ3) is 3.73. The number of benzene rings is 2. The zero-order chi connectivity index (χ0) is 20.2. The van der Waals surface area contributed by atoms with Gasteiger partial charge < -0.3 is 4.74 Å². The molecule has 2 heterocycles. The van der Waals surface area contributed by atoms with Crippen LogP contribution in [0.5, 0.6) is 5.75 Å². The number of methoxy groups -OCH3 is 1. The molecule has 0 saturated carbocycles. The Morgan fingerprint density at radius 2 is 1.72 bits per heavy atom.